The van der Waals surface area contributed by atoms with Crippen LogP contribution in [0, 0.1) is 10.8 Å². The van der Waals surface area contributed by atoms with Gasteiger partial charge in [-0.1, -0.05) is 25.1 Å². The van der Waals surface area contributed by atoms with E-state index in [1.165, 1.54) is 11.3 Å². The summed E-state index contributed by atoms with van der Waals surface area (Å²) in [5.74, 6) is -1.36. The largest absolute Gasteiger partial charge is 1.00 e. The van der Waals surface area contributed by atoms with Crippen molar-refractivity contribution in [1.82, 2.24) is 0 Å². The molecule has 82 valence electrons. The number of nitrogens with zero attached hydrogens (tertiary/aromatic N) is 1. The predicted octanol–water partition coefficient (Wildman–Crippen LogP) is -1.49. The third-order valence-corrected chi connectivity index (χ3v) is 3.15. The van der Waals surface area contributed by atoms with E-state index in [4.69, 9.17) is 0 Å². The van der Waals surface area contributed by atoms with Crippen LogP contribution >= 0.6 is 11.3 Å². The Morgan fingerprint density at radius 2 is 2.25 bits per heavy atom. The van der Waals surface area contributed by atoms with Gasteiger partial charge in [0.2, 0.25) is 0 Å². The minimum Gasteiger partial charge on any atom is -0.547 e. The number of rotatable bonds is 5. The summed E-state index contributed by atoms with van der Waals surface area (Å²) in [6.07, 6.45) is 0.166. The van der Waals surface area contributed by atoms with Crippen LogP contribution in [0.1, 0.15) is 25.1 Å². The van der Waals surface area contributed by atoms with Crippen LogP contribution in [0.2, 0.25) is 0 Å². The number of carbonyl (C=O) groups excluding carboxylic acids is 1. The zero-order valence-electron chi connectivity index (χ0n) is 9.60. The van der Waals surface area contributed by atoms with Crippen molar-refractivity contribution >= 4 is 17.3 Å². The van der Waals surface area contributed by atoms with E-state index in [2.05, 4.69) is 5.18 Å². The van der Waals surface area contributed by atoms with Crippen molar-refractivity contribution in [3.63, 3.8) is 0 Å². The zero-order valence-corrected chi connectivity index (χ0v) is 12.4. The van der Waals surface area contributed by atoms with Gasteiger partial charge in [-0.3, -0.25) is 0 Å². The van der Waals surface area contributed by atoms with Crippen LogP contribution in [0.15, 0.2) is 22.7 Å². The fourth-order valence-electron chi connectivity index (χ4n) is 1.51. The Balaban J connectivity index is 0.00000225. The fraction of sp³-hybridized carbons (Fsp3) is 0.500. The van der Waals surface area contributed by atoms with Gasteiger partial charge in [0, 0.05) is 4.88 Å². The molecule has 0 amide bonds. The summed E-state index contributed by atoms with van der Waals surface area (Å²) in [5, 5.41) is 15.6. The van der Waals surface area contributed by atoms with Crippen molar-refractivity contribution in [1.29, 1.82) is 0 Å². The van der Waals surface area contributed by atoms with Gasteiger partial charge in [0.1, 0.15) is 0 Å². The van der Waals surface area contributed by atoms with Crippen LogP contribution in [0.5, 0.6) is 0 Å². The molecule has 1 rings (SSSR count). The van der Waals surface area contributed by atoms with E-state index in [9.17, 15) is 14.8 Å². The van der Waals surface area contributed by atoms with E-state index >= 15 is 0 Å². The van der Waals surface area contributed by atoms with Gasteiger partial charge in [-0.05, 0) is 23.8 Å². The van der Waals surface area contributed by atoms with Crippen molar-refractivity contribution in [2.45, 2.75) is 25.8 Å². The summed E-state index contributed by atoms with van der Waals surface area (Å²) in [5.41, 5.74) is -1.72. The van der Waals surface area contributed by atoms with Gasteiger partial charge in [-0.2, -0.15) is 0 Å². The predicted molar refractivity (Wildman–Crippen MR) is 56.3 cm³/mol. The van der Waals surface area contributed by atoms with E-state index in [1.54, 1.807) is 17.5 Å². The molecule has 0 spiro atoms. The molecular formula is C10H12NNaO3S. The van der Waals surface area contributed by atoms with Crippen LogP contribution in [0.25, 0.3) is 0 Å². The second-order valence-corrected chi connectivity index (χ2v) is 4.76. The maximum Gasteiger partial charge on any atom is 1.00 e. The summed E-state index contributed by atoms with van der Waals surface area (Å²) < 4.78 is 0. The number of thiophene rings is 1. The molecule has 0 fully saturated rings. The Morgan fingerprint density at radius 1 is 1.62 bits per heavy atom. The Labute approximate surface area is 120 Å². The van der Waals surface area contributed by atoms with E-state index in [-0.39, 0.29) is 41.9 Å². The molecular weight excluding hydrogens is 237 g/mol. The Hall–Kier alpha value is -0.230. The third-order valence-electron chi connectivity index (χ3n) is 2.13. The van der Waals surface area contributed by atoms with Gasteiger partial charge in [-0.25, -0.2) is 0 Å². The SMILES string of the molecule is CC(C)C[C@](N=O)(C(=O)[O-])c1cccs1.[Na+]. The molecule has 1 heterocycles. The minimum absolute atomic E-state index is 0. The smallest absolute Gasteiger partial charge is 0.547 e. The molecule has 0 radical (unpaired) electrons. The first-order valence-corrected chi connectivity index (χ1v) is 5.51. The Kier molecular flexibility index (Phi) is 6.40. The third kappa shape index (κ3) is 3.13. The molecule has 0 N–H and O–H groups in total. The first-order chi connectivity index (χ1) is 7.03. The number of carboxylic acid groups (broad SMARTS) is 1. The van der Waals surface area contributed by atoms with E-state index in [0.29, 0.717) is 4.88 Å². The molecule has 0 aliphatic rings. The molecule has 16 heavy (non-hydrogen) atoms. The molecule has 0 saturated heterocycles. The van der Waals surface area contributed by atoms with E-state index in [1.807, 2.05) is 13.8 Å². The molecule has 1 aromatic heterocycles. The standard InChI is InChI=1S/C10H13NO3S.Na/c1-7(2)6-10(11-14,9(12)13)8-4-3-5-15-8;/h3-5,7H,6H2,1-2H3,(H,12,13);/q;+1/p-1/t10-;/m1./s1. The zero-order chi connectivity index (χ0) is 11.5. The second-order valence-electron chi connectivity index (χ2n) is 3.81. The monoisotopic (exact) mass is 249 g/mol. The van der Waals surface area contributed by atoms with Crippen LogP contribution in [-0.2, 0) is 10.3 Å². The van der Waals surface area contributed by atoms with Gasteiger partial charge in [0.05, 0.1) is 5.97 Å². The summed E-state index contributed by atoms with van der Waals surface area (Å²) in [6, 6.07) is 3.30. The van der Waals surface area contributed by atoms with Crippen LogP contribution in [0.3, 0.4) is 0 Å². The molecule has 0 aliphatic carbocycles. The topological polar surface area (TPSA) is 69.6 Å². The van der Waals surface area contributed by atoms with Gasteiger partial charge in [0.15, 0.2) is 5.54 Å². The van der Waals surface area contributed by atoms with Gasteiger partial charge >= 0.3 is 29.6 Å². The quantitative estimate of drug-likeness (QED) is 0.471. The second kappa shape index (κ2) is 6.49. The molecule has 0 aromatic carbocycles. The molecule has 1 aromatic rings. The molecule has 1 atom stereocenters. The van der Waals surface area contributed by atoms with Crippen molar-refractivity contribution in [2.75, 3.05) is 0 Å². The average Bonchev–Trinajstić information content (AvgIpc) is 2.66. The number of hydrogen-bond donors (Lipinski definition) is 0. The summed E-state index contributed by atoms with van der Waals surface area (Å²) in [7, 11) is 0. The molecule has 4 nitrogen and oxygen atoms in total. The van der Waals surface area contributed by atoms with Gasteiger partial charge in [0.25, 0.3) is 0 Å². The number of carbonyl (C=O) groups is 1. The number of aliphatic carboxylic acids is 1. The van der Waals surface area contributed by atoms with E-state index < -0.39 is 11.5 Å². The maximum atomic E-state index is 11.1. The molecule has 6 heteroatoms. The van der Waals surface area contributed by atoms with Crippen LogP contribution in [0.4, 0.5) is 0 Å². The van der Waals surface area contributed by atoms with Crippen molar-refractivity contribution in [3.05, 3.63) is 27.3 Å². The van der Waals surface area contributed by atoms with Gasteiger partial charge < -0.3 is 9.90 Å². The van der Waals surface area contributed by atoms with Crippen LogP contribution in [-0.4, -0.2) is 5.97 Å². The van der Waals surface area contributed by atoms with Crippen LogP contribution < -0.4 is 34.7 Å². The molecule has 0 aliphatic heterocycles. The number of nitroso groups, excluding NO2 is 1. The Bertz CT molecular complexity index is 353. The average molecular weight is 249 g/mol. The van der Waals surface area contributed by atoms with Crippen molar-refractivity contribution in [3.8, 4) is 0 Å². The van der Waals surface area contributed by atoms with E-state index in [0.717, 1.165) is 0 Å². The normalized spacial score (nSPS) is 13.9. The first-order valence-electron chi connectivity index (χ1n) is 4.63. The number of hydrogen-bond acceptors (Lipinski definition) is 5. The minimum atomic E-state index is -1.72. The number of carboxylic acids is 1. The molecule has 0 saturated carbocycles. The van der Waals surface area contributed by atoms with Gasteiger partial charge in [-0.15, -0.1) is 16.2 Å². The molecule has 0 unspecified atom stereocenters. The van der Waals surface area contributed by atoms with Crippen molar-refractivity contribution in [2.24, 2.45) is 11.1 Å². The first kappa shape index (κ1) is 15.8. The summed E-state index contributed by atoms with van der Waals surface area (Å²) in [6.45, 7) is 3.69. The fourth-order valence-corrected chi connectivity index (χ4v) is 2.37. The maximum absolute atomic E-state index is 11.1. The Morgan fingerprint density at radius 3 is 2.56 bits per heavy atom. The summed E-state index contributed by atoms with van der Waals surface area (Å²) in [4.78, 5) is 22.4. The summed E-state index contributed by atoms with van der Waals surface area (Å²) >= 11 is 1.21. The van der Waals surface area contributed by atoms with Crippen molar-refractivity contribution < 1.29 is 39.5 Å². The molecule has 0 bridgehead atoms.